The Balaban J connectivity index is 0. The second kappa shape index (κ2) is 16.3. The summed E-state index contributed by atoms with van der Waals surface area (Å²) in [6.07, 6.45) is 0. The first-order valence-corrected chi connectivity index (χ1v) is 0. The molecule has 4 heteroatoms. The van der Waals surface area contributed by atoms with Gasteiger partial charge < -0.3 is 11.2 Å². The number of hydrogen-bond donors (Lipinski definition) is 0. The third-order valence-electron chi connectivity index (χ3n) is 0. The van der Waals surface area contributed by atoms with E-state index in [4.69, 9.17) is 0 Å². The molecular formula is H4CaMnOSr. The van der Waals surface area contributed by atoms with Gasteiger partial charge >= 0.3 is 100 Å². The molecule has 0 amide bonds. The molecule has 0 aliphatic rings. The summed E-state index contributed by atoms with van der Waals surface area (Å²) in [4.78, 5) is 0. The Hall–Kier alpha value is 3.22. The van der Waals surface area contributed by atoms with E-state index in [1.807, 2.05) is 0 Å². The van der Waals surface area contributed by atoms with E-state index in [1.54, 1.807) is 0 Å². The minimum Gasteiger partial charge on any atom is -2.00 e. The summed E-state index contributed by atoms with van der Waals surface area (Å²) >= 11 is 0. The van der Waals surface area contributed by atoms with Crippen LogP contribution in [-0.4, -0.2) is 83.2 Å². The summed E-state index contributed by atoms with van der Waals surface area (Å²) < 4.78 is 0. The molecule has 0 N–H and O–H groups in total. The van der Waals surface area contributed by atoms with Gasteiger partial charge in [0.15, 0.2) is 0 Å². The van der Waals surface area contributed by atoms with Crippen molar-refractivity contribution in [3.63, 3.8) is 0 Å². The van der Waals surface area contributed by atoms with Crippen LogP contribution in [0.4, 0.5) is 0 Å². The van der Waals surface area contributed by atoms with E-state index < -0.39 is 0 Å². The molecule has 1 radical (unpaired) electrons. The topological polar surface area (TPSA) is 28.5 Å². The Labute approximate surface area is 109 Å². The van der Waals surface area contributed by atoms with E-state index >= 15 is 0 Å². The predicted octanol–water partition coefficient (Wildman–Crippen LogP) is -0.433. The van der Waals surface area contributed by atoms with Gasteiger partial charge in [-0.3, -0.25) is 0 Å². The standard InChI is InChI=1S/Ca.Mn.O.Sr.4H/q2*+2;-2;+2;4*-1. The third-order valence-corrected chi connectivity index (χ3v) is 0. The zero-order valence-electron chi connectivity index (χ0n) is 6.20. The molecule has 0 fully saturated rings. The van der Waals surface area contributed by atoms with Gasteiger partial charge in [0.1, 0.15) is 0 Å². The van der Waals surface area contributed by atoms with Crippen LogP contribution >= 0.6 is 0 Å². The van der Waals surface area contributed by atoms with Crippen LogP contribution in [0.1, 0.15) is 5.71 Å². The maximum Gasteiger partial charge on any atom is 2.00 e. The second-order valence-electron chi connectivity index (χ2n) is 0. The molecule has 0 heterocycles. The summed E-state index contributed by atoms with van der Waals surface area (Å²) in [7, 11) is 0. The minimum absolute atomic E-state index is 0. The molecule has 0 aromatic heterocycles. The van der Waals surface area contributed by atoms with Crippen LogP contribution in [0.25, 0.3) is 0 Å². The van der Waals surface area contributed by atoms with E-state index in [1.165, 1.54) is 0 Å². The monoisotopic (exact) mass is 203 g/mol. The average molecular weight is 203 g/mol. The quantitative estimate of drug-likeness (QED) is 0.477. The third kappa shape index (κ3) is 8.97. The zero-order chi connectivity index (χ0) is 0. The smallest absolute Gasteiger partial charge is 2.00 e. The van der Waals surface area contributed by atoms with E-state index in [-0.39, 0.29) is 111 Å². The van der Waals surface area contributed by atoms with Crippen molar-refractivity contribution in [3.05, 3.63) is 0 Å². The molecule has 0 aliphatic carbocycles. The molecule has 0 unspecified atom stereocenters. The van der Waals surface area contributed by atoms with Gasteiger partial charge in [-0.25, -0.2) is 0 Å². The summed E-state index contributed by atoms with van der Waals surface area (Å²) in [5.74, 6) is 0. The van der Waals surface area contributed by atoms with Crippen LogP contribution in [0, 0.1) is 0 Å². The molecule has 0 aromatic carbocycles. The fourth-order valence-electron chi connectivity index (χ4n) is 0. The summed E-state index contributed by atoms with van der Waals surface area (Å²) in [5.41, 5.74) is 0. The van der Waals surface area contributed by atoms with Crippen molar-refractivity contribution in [2.75, 3.05) is 0 Å². The van der Waals surface area contributed by atoms with Crippen LogP contribution in [0.15, 0.2) is 0 Å². The van der Waals surface area contributed by atoms with E-state index in [0.717, 1.165) is 0 Å². The first-order valence-electron chi connectivity index (χ1n) is 0. The molecule has 0 rings (SSSR count). The van der Waals surface area contributed by atoms with Crippen molar-refractivity contribution in [1.82, 2.24) is 0 Å². The Morgan fingerprint density at radius 2 is 1.25 bits per heavy atom. The minimum atomic E-state index is 0. The Morgan fingerprint density at radius 3 is 1.25 bits per heavy atom. The van der Waals surface area contributed by atoms with Crippen molar-refractivity contribution in [2.45, 2.75) is 0 Å². The molecule has 4 heavy (non-hydrogen) atoms. The molecule has 0 bridgehead atoms. The molecule has 0 atom stereocenters. The van der Waals surface area contributed by atoms with Crippen LogP contribution in [-0.2, 0) is 22.5 Å². The number of hydrogen-bond acceptors (Lipinski definition) is 0. The van der Waals surface area contributed by atoms with Gasteiger partial charge in [0, 0.05) is 0 Å². The second-order valence-corrected chi connectivity index (χ2v) is 0. The van der Waals surface area contributed by atoms with E-state index in [2.05, 4.69) is 0 Å². The predicted molar refractivity (Wildman–Crippen MR) is 16.6 cm³/mol. The van der Waals surface area contributed by atoms with Crippen LogP contribution in [0.5, 0.6) is 0 Å². The largest absolute Gasteiger partial charge is 2.00 e. The van der Waals surface area contributed by atoms with E-state index in [0.29, 0.717) is 0 Å². The maximum atomic E-state index is 0. The van der Waals surface area contributed by atoms with Gasteiger partial charge in [0.25, 0.3) is 0 Å². The van der Waals surface area contributed by atoms with Gasteiger partial charge in [0.2, 0.25) is 0 Å². The molecule has 0 saturated carbocycles. The number of rotatable bonds is 0. The summed E-state index contributed by atoms with van der Waals surface area (Å²) in [5, 5.41) is 0. The van der Waals surface area contributed by atoms with Gasteiger partial charge in [0.05, 0.1) is 0 Å². The van der Waals surface area contributed by atoms with Gasteiger partial charge in [-0.05, 0) is 0 Å². The fraction of sp³-hybridized carbons (Fsp3) is 0. The maximum absolute atomic E-state index is 0. The molecule has 0 aromatic rings. The van der Waals surface area contributed by atoms with Crippen molar-refractivity contribution < 1.29 is 28.3 Å². The molecule has 1 nitrogen and oxygen atoms in total. The Kier molecular flexibility index (Phi) is 110. The normalized spacial score (nSPS) is 0. The average Bonchev–Trinajstić information content (AvgIpc) is 0. The van der Waals surface area contributed by atoms with Gasteiger partial charge in [-0.15, -0.1) is 0 Å². The molecular weight excluding hydrogens is 199 g/mol. The summed E-state index contributed by atoms with van der Waals surface area (Å²) in [6.45, 7) is 0. The zero-order valence-corrected chi connectivity index (χ0v) is 9.07. The van der Waals surface area contributed by atoms with Crippen molar-refractivity contribution in [2.24, 2.45) is 0 Å². The fourth-order valence-corrected chi connectivity index (χ4v) is 0. The Morgan fingerprint density at radius 1 is 1.25 bits per heavy atom. The van der Waals surface area contributed by atoms with Crippen LogP contribution in [0.2, 0.25) is 0 Å². The molecule has 0 saturated heterocycles. The summed E-state index contributed by atoms with van der Waals surface area (Å²) in [6, 6.07) is 0. The SMILES string of the molecule is [Ca+2].[H-].[H-].[H-].[H-].[Mn+2].[O-2].[Sr+2]. The van der Waals surface area contributed by atoms with Crippen LogP contribution in [0.3, 0.4) is 0 Å². The van der Waals surface area contributed by atoms with Gasteiger partial charge in [-0.1, -0.05) is 0 Å². The molecule has 21 valence electrons. The first kappa shape index (κ1) is 26.9. The van der Waals surface area contributed by atoms with Gasteiger partial charge in [-0.2, -0.15) is 0 Å². The Bertz CT molecular complexity index is 16.0. The van der Waals surface area contributed by atoms with Crippen molar-refractivity contribution in [3.8, 4) is 0 Å². The van der Waals surface area contributed by atoms with E-state index in [9.17, 15) is 0 Å². The van der Waals surface area contributed by atoms with Crippen molar-refractivity contribution >= 4 is 83.2 Å². The molecule has 0 spiro atoms. The van der Waals surface area contributed by atoms with Crippen LogP contribution < -0.4 is 0 Å². The van der Waals surface area contributed by atoms with Crippen molar-refractivity contribution in [1.29, 1.82) is 0 Å². The molecule has 0 aliphatic heterocycles. The first-order chi connectivity index (χ1) is 0.